The van der Waals surface area contributed by atoms with E-state index in [1.165, 1.54) is 49.8 Å². The summed E-state index contributed by atoms with van der Waals surface area (Å²) in [5, 5.41) is 3.75. The molecule has 174 valence electrons. The number of fused-ring (bicyclic) bond motifs is 3. The number of aryl methyl sites for hydroxylation is 1. The van der Waals surface area contributed by atoms with E-state index >= 15 is 0 Å². The Labute approximate surface area is 194 Å². The van der Waals surface area contributed by atoms with Crippen LogP contribution in [-0.2, 0) is 11.8 Å². The summed E-state index contributed by atoms with van der Waals surface area (Å²) >= 11 is 0. The van der Waals surface area contributed by atoms with Gasteiger partial charge in [0, 0.05) is 12.6 Å². The minimum atomic E-state index is -0.207. The summed E-state index contributed by atoms with van der Waals surface area (Å²) in [7, 11) is 0. The zero-order chi connectivity index (χ0) is 22.9. The Morgan fingerprint density at radius 3 is 2.50 bits per heavy atom. The van der Waals surface area contributed by atoms with E-state index in [0.717, 1.165) is 25.1 Å². The molecule has 4 rings (SSSR count). The van der Waals surface area contributed by atoms with Gasteiger partial charge in [0.2, 0.25) is 0 Å². The van der Waals surface area contributed by atoms with Gasteiger partial charge in [0.1, 0.15) is 5.82 Å². The molecule has 2 nitrogen and oxygen atoms in total. The van der Waals surface area contributed by atoms with Gasteiger partial charge in [-0.2, -0.15) is 0 Å². The van der Waals surface area contributed by atoms with Crippen LogP contribution in [-0.4, -0.2) is 13.1 Å². The van der Waals surface area contributed by atoms with Crippen LogP contribution < -0.4 is 11.1 Å². The Morgan fingerprint density at radius 1 is 1.06 bits per heavy atom. The molecule has 2 aliphatic carbocycles. The van der Waals surface area contributed by atoms with E-state index in [0.29, 0.717) is 17.3 Å². The molecule has 2 aliphatic rings. The molecule has 2 aromatic carbocycles. The maximum absolute atomic E-state index is 13.2. The summed E-state index contributed by atoms with van der Waals surface area (Å²) in [4.78, 5) is 0. The Balaban J connectivity index is 1.41. The van der Waals surface area contributed by atoms with Crippen LogP contribution in [0.1, 0.15) is 94.0 Å². The molecule has 1 saturated carbocycles. The van der Waals surface area contributed by atoms with Crippen molar-refractivity contribution >= 4 is 0 Å². The first-order valence-electron chi connectivity index (χ1n) is 12.6. The minimum Gasteiger partial charge on any atom is -0.324 e. The van der Waals surface area contributed by atoms with Gasteiger partial charge in [-0.15, -0.1) is 0 Å². The van der Waals surface area contributed by atoms with Crippen molar-refractivity contribution in [3.8, 4) is 0 Å². The van der Waals surface area contributed by atoms with Gasteiger partial charge in [-0.05, 0) is 95.7 Å². The van der Waals surface area contributed by atoms with Gasteiger partial charge in [-0.3, -0.25) is 0 Å². The van der Waals surface area contributed by atoms with Crippen LogP contribution in [0.2, 0.25) is 0 Å². The SMILES string of the molecule is CC(C)c1ccc2c(c1)CCC1C(C)(CNCCC(N)c3ccc(F)cc3)CCCC21C. The van der Waals surface area contributed by atoms with Gasteiger partial charge in [0.05, 0.1) is 0 Å². The van der Waals surface area contributed by atoms with E-state index < -0.39 is 0 Å². The Morgan fingerprint density at radius 2 is 1.78 bits per heavy atom. The van der Waals surface area contributed by atoms with Gasteiger partial charge in [-0.1, -0.05) is 64.4 Å². The third-order valence-electron chi connectivity index (χ3n) is 8.63. The highest BCUT2D eigenvalue weighted by molar-refractivity contribution is 5.42. The number of benzene rings is 2. The van der Waals surface area contributed by atoms with E-state index in [4.69, 9.17) is 5.73 Å². The number of rotatable bonds is 7. The summed E-state index contributed by atoms with van der Waals surface area (Å²) in [6.45, 7) is 11.6. The quantitative estimate of drug-likeness (QED) is 0.478. The molecule has 0 aromatic heterocycles. The Hall–Kier alpha value is -1.71. The lowest BCUT2D eigenvalue weighted by Crippen LogP contribution is -2.52. The second-order valence-corrected chi connectivity index (χ2v) is 11.2. The molecule has 0 aliphatic heterocycles. The summed E-state index contributed by atoms with van der Waals surface area (Å²) in [6, 6.07) is 13.9. The van der Waals surface area contributed by atoms with E-state index in [2.05, 4.69) is 51.2 Å². The molecule has 3 N–H and O–H groups in total. The summed E-state index contributed by atoms with van der Waals surface area (Å²) in [5.74, 6) is 1.09. The fourth-order valence-electron chi connectivity index (χ4n) is 6.72. The first-order valence-corrected chi connectivity index (χ1v) is 12.6. The molecule has 0 spiro atoms. The molecule has 0 bridgehead atoms. The third kappa shape index (κ3) is 4.52. The minimum absolute atomic E-state index is 0.0516. The monoisotopic (exact) mass is 436 g/mol. The number of hydrogen-bond donors (Lipinski definition) is 2. The van der Waals surface area contributed by atoms with E-state index in [9.17, 15) is 4.39 Å². The molecule has 3 heteroatoms. The molecule has 0 amide bonds. The van der Waals surface area contributed by atoms with E-state index in [1.807, 2.05) is 0 Å². The van der Waals surface area contributed by atoms with Gasteiger partial charge in [0.25, 0.3) is 0 Å². The first-order chi connectivity index (χ1) is 15.2. The highest BCUT2D eigenvalue weighted by Crippen LogP contribution is 2.57. The third-order valence-corrected chi connectivity index (χ3v) is 8.63. The lowest BCUT2D eigenvalue weighted by molar-refractivity contribution is 0.0259. The molecule has 4 atom stereocenters. The summed E-state index contributed by atoms with van der Waals surface area (Å²) in [5.41, 5.74) is 12.6. The molecule has 1 fully saturated rings. The maximum Gasteiger partial charge on any atom is 0.123 e. The van der Waals surface area contributed by atoms with Crippen LogP contribution >= 0.6 is 0 Å². The van der Waals surface area contributed by atoms with Crippen LogP contribution in [0.3, 0.4) is 0 Å². The molecule has 0 radical (unpaired) electrons. The topological polar surface area (TPSA) is 38.0 Å². The van der Waals surface area contributed by atoms with Crippen molar-refractivity contribution in [1.29, 1.82) is 0 Å². The van der Waals surface area contributed by atoms with Crippen LogP contribution in [0.4, 0.5) is 4.39 Å². The molecule has 2 aromatic rings. The number of nitrogens with one attached hydrogen (secondary N) is 1. The normalized spacial score (nSPS) is 28.3. The maximum atomic E-state index is 13.2. The van der Waals surface area contributed by atoms with Gasteiger partial charge in [0.15, 0.2) is 0 Å². The largest absolute Gasteiger partial charge is 0.324 e. The second-order valence-electron chi connectivity index (χ2n) is 11.2. The van der Waals surface area contributed by atoms with Crippen molar-refractivity contribution in [2.75, 3.05) is 13.1 Å². The molecule has 0 saturated heterocycles. The highest BCUT2D eigenvalue weighted by Gasteiger charge is 2.51. The highest BCUT2D eigenvalue weighted by atomic mass is 19.1. The molecule has 4 unspecified atom stereocenters. The molecular weight excluding hydrogens is 395 g/mol. The number of hydrogen-bond acceptors (Lipinski definition) is 2. The molecular formula is C29H41FN2. The summed E-state index contributed by atoms with van der Waals surface area (Å²) < 4.78 is 13.2. The van der Waals surface area contributed by atoms with Gasteiger partial charge < -0.3 is 11.1 Å². The fourth-order valence-corrected chi connectivity index (χ4v) is 6.72. The van der Waals surface area contributed by atoms with E-state index in [-0.39, 0.29) is 17.3 Å². The Bertz CT molecular complexity index is 921. The van der Waals surface area contributed by atoms with Crippen molar-refractivity contribution in [1.82, 2.24) is 5.32 Å². The van der Waals surface area contributed by atoms with Crippen LogP contribution in [0.25, 0.3) is 0 Å². The zero-order valence-corrected chi connectivity index (χ0v) is 20.4. The van der Waals surface area contributed by atoms with Crippen molar-refractivity contribution < 1.29 is 4.39 Å². The second kappa shape index (κ2) is 9.27. The average Bonchev–Trinajstić information content (AvgIpc) is 2.76. The number of nitrogens with two attached hydrogens (primary N) is 1. The number of halogens is 1. The van der Waals surface area contributed by atoms with Gasteiger partial charge in [-0.25, -0.2) is 4.39 Å². The van der Waals surface area contributed by atoms with Crippen LogP contribution in [0, 0.1) is 17.2 Å². The zero-order valence-electron chi connectivity index (χ0n) is 20.4. The lowest BCUT2D eigenvalue weighted by atomic mass is 9.49. The predicted molar refractivity (Wildman–Crippen MR) is 132 cm³/mol. The standard InChI is InChI=1S/C29H41FN2/c1-20(2)22-8-12-25-23(18-22)9-13-27-28(3,15-5-16-29(25,27)4)19-32-17-14-26(31)21-6-10-24(30)11-7-21/h6-8,10-12,18,20,26-27,32H,5,9,13-17,19,31H2,1-4H3. The molecule has 0 heterocycles. The van der Waals surface area contributed by atoms with Crippen molar-refractivity contribution in [3.05, 3.63) is 70.5 Å². The van der Waals surface area contributed by atoms with Gasteiger partial charge >= 0.3 is 0 Å². The van der Waals surface area contributed by atoms with Crippen LogP contribution in [0.5, 0.6) is 0 Å². The molecule has 32 heavy (non-hydrogen) atoms. The lowest BCUT2D eigenvalue weighted by Gasteiger charge is -2.55. The van der Waals surface area contributed by atoms with Crippen molar-refractivity contribution in [2.45, 2.75) is 83.6 Å². The summed E-state index contributed by atoms with van der Waals surface area (Å²) in [6.07, 6.45) is 7.26. The average molecular weight is 437 g/mol. The van der Waals surface area contributed by atoms with Crippen molar-refractivity contribution in [2.24, 2.45) is 17.1 Å². The first kappa shape index (κ1) is 23.4. The van der Waals surface area contributed by atoms with E-state index in [1.54, 1.807) is 23.3 Å². The predicted octanol–water partition coefficient (Wildman–Crippen LogP) is 6.64. The Kier molecular flexibility index (Phi) is 6.79. The van der Waals surface area contributed by atoms with Crippen molar-refractivity contribution in [3.63, 3.8) is 0 Å². The van der Waals surface area contributed by atoms with Crippen LogP contribution in [0.15, 0.2) is 42.5 Å². The fraction of sp³-hybridized carbons (Fsp3) is 0.586. The smallest absolute Gasteiger partial charge is 0.123 e.